The van der Waals surface area contributed by atoms with Gasteiger partial charge in [0, 0.05) is 15.3 Å². The average molecular weight is 317 g/mol. The minimum atomic E-state index is -0.418. The lowest BCUT2D eigenvalue weighted by Crippen LogP contribution is -1.95. The molecule has 0 saturated heterocycles. The number of benzene rings is 1. The molecular formula is C13H11BrF2S. The summed E-state index contributed by atoms with van der Waals surface area (Å²) in [6.45, 7) is 2.07. The minimum Gasteiger partial charge on any atom is -0.207 e. The minimum absolute atomic E-state index is 0.288. The van der Waals surface area contributed by atoms with E-state index in [4.69, 9.17) is 0 Å². The smallest absolute Gasteiger partial charge is 0.128 e. The van der Waals surface area contributed by atoms with E-state index < -0.39 is 5.82 Å². The normalized spacial score (nSPS) is 12.7. The highest BCUT2D eigenvalue weighted by atomic mass is 79.9. The highest BCUT2D eigenvalue weighted by molar-refractivity contribution is 9.09. The van der Waals surface area contributed by atoms with Crippen molar-refractivity contribution in [3.8, 4) is 0 Å². The molecule has 1 aromatic heterocycles. The molecule has 2 rings (SSSR count). The van der Waals surface area contributed by atoms with Gasteiger partial charge in [0.1, 0.15) is 11.6 Å². The topological polar surface area (TPSA) is 0 Å². The van der Waals surface area contributed by atoms with Crippen molar-refractivity contribution in [2.45, 2.75) is 18.2 Å². The van der Waals surface area contributed by atoms with E-state index in [-0.39, 0.29) is 10.6 Å². The van der Waals surface area contributed by atoms with Crippen molar-refractivity contribution >= 4 is 27.3 Å². The molecule has 0 bridgehead atoms. The largest absolute Gasteiger partial charge is 0.207 e. The first kappa shape index (κ1) is 12.7. The number of aryl methyl sites for hydroxylation is 1. The summed E-state index contributed by atoms with van der Waals surface area (Å²) in [5, 5.41) is 0. The summed E-state index contributed by atoms with van der Waals surface area (Å²) in [6.07, 6.45) is 0.954. The number of alkyl halides is 1. The van der Waals surface area contributed by atoms with Crippen LogP contribution in [0.25, 0.3) is 0 Å². The van der Waals surface area contributed by atoms with E-state index in [0.717, 1.165) is 23.4 Å². The van der Waals surface area contributed by atoms with E-state index in [2.05, 4.69) is 22.9 Å². The second kappa shape index (κ2) is 5.27. The Bertz CT molecular complexity index is 522. The maximum absolute atomic E-state index is 13.6. The molecule has 2 aromatic rings. The van der Waals surface area contributed by atoms with Crippen LogP contribution in [0.3, 0.4) is 0 Å². The Morgan fingerprint density at radius 1 is 1.24 bits per heavy atom. The van der Waals surface area contributed by atoms with Crippen molar-refractivity contribution in [3.05, 3.63) is 57.3 Å². The molecule has 17 heavy (non-hydrogen) atoms. The Kier molecular flexibility index (Phi) is 3.94. The number of rotatable bonds is 3. The molecule has 90 valence electrons. The summed E-state index contributed by atoms with van der Waals surface area (Å²) < 4.78 is 26.7. The summed E-state index contributed by atoms with van der Waals surface area (Å²) in [6, 6.07) is 7.50. The van der Waals surface area contributed by atoms with Crippen LogP contribution in [0, 0.1) is 11.6 Å². The number of thiophene rings is 1. The third-order valence-electron chi connectivity index (χ3n) is 2.51. The fourth-order valence-corrected chi connectivity index (χ4v) is 3.32. The SMILES string of the molecule is CCc1ccc(C(Br)c2cc(F)ccc2F)s1. The van der Waals surface area contributed by atoms with E-state index in [0.29, 0.717) is 5.56 Å². The fourth-order valence-electron chi connectivity index (χ4n) is 1.58. The van der Waals surface area contributed by atoms with Crippen LogP contribution >= 0.6 is 27.3 Å². The van der Waals surface area contributed by atoms with Crippen LogP contribution in [0.1, 0.15) is 27.1 Å². The van der Waals surface area contributed by atoms with Crippen LogP contribution in [0.2, 0.25) is 0 Å². The standard InChI is InChI=1S/C13H11BrF2S/c1-2-9-4-6-12(17-9)13(14)10-7-8(15)3-5-11(10)16/h3-7,13H,2H2,1H3. The zero-order chi connectivity index (χ0) is 12.4. The lowest BCUT2D eigenvalue weighted by Gasteiger charge is -2.09. The van der Waals surface area contributed by atoms with E-state index in [1.54, 1.807) is 11.3 Å². The highest BCUT2D eigenvalue weighted by Gasteiger charge is 2.17. The number of hydrogen-bond acceptors (Lipinski definition) is 1. The highest BCUT2D eigenvalue weighted by Crippen LogP contribution is 2.36. The van der Waals surface area contributed by atoms with Gasteiger partial charge in [0.05, 0.1) is 4.83 Å². The number of hydrogen-bond donors (Lipinski definition) is 0. The monoisotopic (exact) mass is 316 g/mol. The third-order valence-corrected chi connectivity index (χ3v) is 5.10. The maximum atomic E-state index is 13.6. The Hall–Kier alpha value is -0.740. The summed E-state index contributed by atoms with van der Waals surface area (Å²) >= 11 is 5.04. The van der Waals surface area contributed by atoms with E-state index in [9.17, 15) is 8.78 Å². The molecule has 0 spiro atoms. The third kappa shape index (κ3) is 2.75. The first-order valence-electron chi connectivity index (χ1n) is 5.29. The zero-order valence-electron chi connectivity index (χ0n) is 9.21. The maximum Gasteiger partial charge on any atom is 0.128 e. The molecule has 0 saturated carbocycles. The Morgan fingerprint density at radius 2 is 2.00 bits per heavy atom. The molecule has 0 fully saturated rings. The van der Waals surface area contributed by atoms with Crippen LogP contribution in [-0.2, 0) is 6.42 Å². The van der Waals surface area contributed by atoms with Gasteiger partial charge in [-0.05, 0) is 36.8 Å². The molecular weight excluding hydrogens is 306 g/mol. The van der Waals surface area contributed by atoms with Crippen molar-refractivity contribution < 1.29 is 8.78 Å². The molecule has 0 aliphatic heterocycles. The predicted molar refractivity (Wildman–Crippen MR) is 70.8 cm³/mol. The lowest BCUT2D eigenvalue weighted by molar-refractivity contribution is 0.588. The average Bonchev–Trinajstić information content (AvgIpc) is 2.80. The van der Waals surface area contributed by atoms with Crippen molar-refractivity contribution in [2.24, 2.45) is 0 Å². The quantitative estimate of drug-likeness (QED) is 0.693. The molecule has 0 aliphatic carbocycles. The molecule has 0 aliphatic rings. The van der Waals surface area contributed by atoms with Crippen molar-refractivity contribution in [1.29, 1.82) is 0 Å². The molecule has 0 amide bonds. The van der Waals surface area contributed by atoms with Gasteiger partial charge in [-0.25, -0.2) is 8.78 Å². The van der Waals surface area contributed by atoms with Gasteiger partial charge in [0.25, 0.3) is 0 Å². The van der Waals surface area contributed by atoms with Gasteiger partial charge in [0.15, 0.2) is 0 Å². The fraction of sp³-hybridized carbons (Fsp3) is 0.231. The van der Waals surface area contributed by atoms with Crippen LogP contribution in [0.4, 0.5) is 8.78 Å². The first-order chi connectivity index (χ1) is 8.11. The Morgan fingerprint density at radius 3 is 2.65 bits per heavy atom. The molecule has 1 atom stereocenters. The second-order valence-corrected chi connectivity index (χ2v) is 5.80. The molecule has 0 nitrogen and oxygen atoms in total. The van der Waals surface area contributed by atoms with Crippen molar-refractivity contribution in [3.63, 3.8) is 0 Å². The molecule has 1 unspecified atom stereocenters. The predicted octanol–water partition coefficient (Wildman–Crippen LogP) is 5.07. The second-order valence-electron chi connectivity index (χ2n) is 3.69. The molecule has 1 aromatic carbocycles. The summed E-state index contributed by atoms with van der Waals surface area (Å²) in [5.74, 6) is -0.808. The lowest BCUT2D eigenvalue weighted by atomic mass is 10.1. The molecule has 4 heteroatoms. The van der Waals surface area contributed by atoms with Gasteiger partial charge in [0.2, 0.25) is 0 Å². The number of halogens is 3. The molecule has 0 N–H and O–H groups in total. The summed E-state index contributed by atoms with van der Waals surface area (Å²) in [7, 11) is 0. The molecule has 1 heterocycles. The van der Waals surface area contributed by atoms with Crippen LogP contribution in [-0.4, -0.2) is 0 Å². The van der Waals surface area contributed by atoms with E-state index in [1.807, 2.05) is 12.1 Å². The van der Waals surface area contributed by atoms with E-state index in [1.165, 1.54) is 10.9 Å². The van der Waals surface area contributed by atoms with Crippen LogP contribution in [0.5, 0.6) is 0 Å². The Labute approximate surface area is 111 Å². The van der Waals surface area contributed by atoms with Crippen LogP contribution in [0.15, 0.2) is 30.3 Å². The van der Waals surface area contributed by atoms with E-state index >= 15 is 0 Å². The van der Waals surface area contributed by atoms with Crippen molar-refractivity contribution in [1.82, 2.24) is 0 Å². The summed E-state index contributed by atoms with van der Waals surface area (Å²) in [5.41, 5.74) is 0.342. The van der Waals surface area contributed by atoms with Gasteiger partial charge >= 0.3 is 0 Å². The van der Waals surface area contributed by atoms with Crippen molar-refractivity contribution in [2.75, 3.05) is 0 Å². The Balaban J connectivity index is 2.35. The van der Waals surface area contributed by atoms with Gasteiger partial charge in [-0.1, -0.05) is 22.9 Å². The molecule has 0 radical (unpaired) electrons. The van der Waals surface area contributed by atoms with Gasteiger partial charge < -0.3 is 0 Å². The van der Waals surface area contributed by atoms with Gasteiger partial charge in [-0.2, -0.15) is 0 Å². The zero-order valence-corrected chi connectivity index (χ0v) is 11.6. The van der Waals surface area contributed by atoms with Crippen LogP contribution < -0.4 is 0 Å². The summed E-state index contributed by atoms with van der Waals surface area (Å²) in [4.78, 5) is 1.94. The first-order valence-corrected chi connectivity index (χ1v) is 7.02. The van der Waals surface area contributed by atoms with Gasteiger partial charge in [-0.3, -0.25) is 0 Å². The van der Waals surface area contributed by atoms with Gasteiger partial charge in [-0.15, -0.1) is 11.3 Å².